The standard InChI is InChI=1S/3C4H9.ClH.Hf/c3*1-4(2)3;;/h3*4H,1H2,2-3H3;1H;/q3*-1;;+4/p-1. The van der Waals surface area contributed by atoms with Gasteiger partial charge in [-0.1, -0.05) is 41.5 Å². The van der Waals surface area contributed by atoms with E-state index in [9.17, 15) is 0 Å². The Morgan fingerprint density at radius 3 is 0.571 bits per heavy atom. The van der Waals surface area contributed by atoms with Crippen molar-refractivity contribution in [2.75, 3.05) is 0 Å². The van der Waals surface area contributed by atoms with E-state index in [4.69, 9.17) is 0 Å². The van der Waals surface area contributed by atoms with E-state index in [-0.39, 0.29) is 38.3 Å². The zero-order valence-corrected chi connectivity index (χ0v) is 15.1. The number of rotatable bonds is 0. The molecule has 0 unspecified atom stereocenters. The van der Waals surface area contributed by atoms with E-state index in [1.54, 1.807) is 0 Å². The molecule has 0 spiro atoms. The topological polar surface area (TPSA) is 0 Å². The van der Waals surface area contributed by atoms with Gasteiger partial charge in [-0.25, -0.2) is 0 Å². The van der Waals surface area contributed by atoms with Gasteiger partial charge in [0.05, 0.1) is 0 Å². The van der Waals surface area contributed by atoms with Crippen LogP contribution in [-0.4, -0.2) is 0 Å². The molecule has 0 saturated heterocycles. The molecule has 0 aromatic carbocycles. The smallest absolute Gasteiger partial charge is 1.00 e. The van der Waals surface area contributed by atoms with E-state index in [0.29, 0.717) is 17.8 Å². The first-order chi connectivity index (χ1) is 5.20. The fraction of sp³-hybridized carbons (Fsp3) is 0.750. The molecular formula is C12H27ClHf. The van der Waals surface area contributed by atoms with Gasteiger partial charge in [-0.05, 0) is 0 Å². The van der Waals surface area contributed by atoms with E-state index >= 15 is 0 Å². The summed E-state index contributed by atoms with van der Waals surface area (Å²) in [4.78, 5) is 0. The molecule has 0 heterocycles. The van der Waals surface area contributed by atoms with Gasteiger partial charge >= 0.3 is 25.8 Å². The summed E-state index contributed by atoms with van der Waals surface area (Å²) in [5.41, 5.74) is 0. The van der Waals surface area contributed by atoms with Crippen LogP contribution in [0.4, 0.5) is 0 Å². The molecule has 0 saturated carbocycles. The van der Waals surface area contributed by atoms with Gasteiger partial charge in [0.15, 0.2) is 0 Å². The van der Waals surface area contributed by atoms with Crippen LogP contribution in [0.25, 0.3) is 0 Å². The Labute approximate surface area is 118 Å². The summed E-state index contributed by atoms with van der Waals surface area (Å²) in [5.74, 6) is 1.75. The van der Waals surface area contributed by atoms with Crippen molar-refractivity contribution < 1.29 is 38.3 Å². The van der Waals surface area contributed by atoms with E-state index in [0.717, 1.165) is 0 Å². The van der Waals surface area contributed by atoms with Crippen LogP contribution in [0.2, 0.25) is 0 Å². The Morgan fingerprint density at radius 1 is 0.571 bits per heavy atom. The molecule has 0 aliphatic heterocycles. The molecule has 0 nitrogen and oxygen atoms in total. The van der Waals surface area contributed by atoms with E-state index < -0.39 is 0 Å². The summed E-state index contributed by atoms with van der Waals surface area (Å²) < 4.78 is 0. The van der Waals surface area contributed by atoms with Crippen molar-refractivity contribution in [3.63, 3.8) is 0 Å². The van der Waals surface area contributed by atoms with E-state index in [1.807, 2.05) is 0 Å². The third kappa shape index (κ3) is 1450. The molecule has 0 fully saturated rings. The van der Waals surface area contributed by atoms with Gasteiger partial charge in [-0.3, -0.25) is 0 Å². The summed E-state index contributed by atoms with van der Waals surface area (Å²) in [6, 6.07) is 0. The van der Waals surface area contributed by atoms with Crippen LogP contribution < -0.4 is 12.4 Å². The molecule has 0 bridgehead atoms. The molecular weight excluding hydrogens is 358 g/mol. The summed E-state index contributed by atoms with van der Waals surface area (Å²) in [6.07, 6.45) is 0. The minimum Gasteiger partial charge on any atom is -1.00 e. The second kappa shape index (κ2) is 23.8. The van der Waals surface area contributed by atoms with E-state index in [2.05, 4.69) is 62.3 Å². The molecule has 2 heteroatoms. The molecule has 0 aliphatic carbocycles. The van der Waals surface area contributed by atoms with Gasteiger partial charge in [0.2, 0.25) is 0 Å². The van der Waals surface area contributed by atoms with Crippen LogP contribution in [0.1, 0.15) is 41.5 Å². The molecule has 0 aromatic rings. The van der Waals surface area contributed by atoms with Gasteiger partial charge < -0.3 is 33.2 Å². The Morgan fingerprint density at radius 2 is 0.571 bits per heavy atom. The van der Waals surface area contributed by atoms with Crippen LogP contribution in [0.3, 0.4) is 0 Å². The van der Waals surface area contributed by atoms with Gasteiger partial charge in [0.25, 0.3) is 0 Å². The van der Waals surface area contributed by atoms with Gasteiger partial charge in [0.1, 0.15) is 0 Å². The van der Waals surface area contributed by atoms with Gasteiger partial charge in [0, 0.05) is 0 Å². The molecule has 0 rings (SSSR count). The fourth-order valence-electron chi connectivity index (χ4n) is 0. The van der Waals surface area contributed by atoms with Crippen molar-refractivity contribution in [1.82, 2.24) is 0 Å². The summed E-state index contributed by atoms with van der Waals surface area (Å²) in [7, 11) is 0. The maximum Gasteiger partial charge on any atom is 4.00 e. The van der Waals surface area contributed by atoms with Gasteiger partial charge in [-0.2, -0.15) is 17.8 Å². The van der Waals surface area contributed by atoms with E-state index in [1.165, 1.54) is 0 Å². The minimum absolute atomic E-state index is 0. The van der Waals surface area contributed by atoms with Crippen molar-refractivity contribution in [2.24, 2.45) is 17.8 Å². The molecule has 0 radical (unpaired) electrons. The zero-order chi connectivity index (χ0) is 10.7. The molecule has 0 aromatic heterocycles. The SMILES string of the molecule is [CH2-]C(C)C.[CH2-]C(C)C.[CH2-]C(C)C.[Cl-].[Hf+4]. The summed E-state index contributed by atoms with van der Waals surface area (Å²) in [5, 5.41) is 0. The van der Waals surface area contributed by atoms with Crippen molar-refractivity contribution in [3.05, 3.63) is 20.8 Å². The first kappa shape index (κ1) is 29.4. The van der Waals surface area contributed by atoms with Crippen LogP contribution in [0.5, 0.6) is 0 Å². The molecule has 0 N–H and O–H groups in total. The van der Waals surface area contributed by atoms with Crippen molar-refractivity contribution in [1.29, 1.82) is 0 Å². The van der Waals surface area contributed by atoms with Crippen molar-refractivity contribution in [2.45, 2.75) is 41.5 Å². The third-order valence-corrected chi connectivity index (χ3v) is 0. The third-order valence-electron chi connectivity index (χ3n) is 0. The molecule has 14 heavy (non-hydrogen) atoms. The number of hydrogen-bond donors (Lipinski definition) is 0. The zero-order valence-electron chi connectivity index (χ0n) is 10.7. The summed E-state index contributed by atoms with van der Waals surface area (Å²) >= 11 is 0. The van der Waals surface area contributed by atoms with Crippen molar-refractivity contribution >= 4 is 0 Å². The van der Waals surface area contributed by atoms with Crippen LogP contribution in [-0.2, 0) is 25.8 Å². The predicted octanol–water partition coefficient (Wildman–Crippen LogP) is 1.43. The fourth-order valence-corrected chi connectivity index (χ4v) is 0. The monoisotopic (exact) mass is 386 g/mol. The normalized spacial score (nSPS) is 7.71. The average molecular weight is 385 g/mol. The number of halogens is 1. The summed E-state index contributed by atoms with van der Waals surface area (Å²) in [6.45, 7) is 23.2. The largest absolute Gasteiger partial charge is 4.00 e. The molecule has 86 valence electrons. The molecule has 0 aliphatic rings. The van der Waals surface area contributed by atoms with Crippen LogP contribution >= 0.6 is 0 Å². The first-order valence-electron chi connectivity index (χ1n) is 4.69. The average Bonchev–Trinajstić information content (AvgIpc) is 1.54. The predicted molar refractivity (Wildman–Crippen MR) is 60.6 cm³/mol. The minimum atomic E-state index is 0. The Hall–Kier alpha value is 1.16. The Bertz CT molecular complexity index is 38.8. The Kier molecular flexibility index (Phi) is 50.0. The maximum atomic E-state index is 3.64. The first-order valence-corrected chi connectivity index (χ1v) is 4.69. The van der Waals surface area contributed by atoms with Gasteiger partial charge in [-0.15, -0.1) is 0 Å². The quantitative estimate of drug-likeness (QED) is 0.437. The van der Waals surface area contributed by atoms with Crippen molar-refractivity contribution in [3.8, 4) is 0 Å². The van der Waals surface area contributed by atoms with Crippen LogP contribution in [0.15, 0.2) is 0 Å². The van der Waals surface area contributed by atoms with Crippen LogP contribution in [0, 0.1) is 38.5 Å². The number of hydrogen-bond acceptors (Lipinski definition) is 0. The second-order valence-electron chi connectivity index (χ2n) is 4.18. The Balaban J connectivity index is -0.0000000270. The second-order valence-corrected chi connectivity index (χ2v) is 4.18. The maximum absolute atomic E-state index is 3.64. The molecule has 0 amide bonds. The molecule has 0 atom stereocenters.